The summed E-state index contributed by atoms with van der Waals surface area (Å²) in [5, 5.41) is 16.9. The molecule has 1 aromatic carbocycles. The highest BCUT2D eigenvalue weighted by atomic mass is 16.4. The first-order chi connectivity index (χ1) is 9.24. The van der Waals surface area contributed by atoms with Gasteiger partial charge < -0.3 is 5.11 Å². The second kappa shape index (κ2) is 4.45. The number of carboxylic acids is 1. The van der Waals surface area contributed by atoms with Crippen LogP contribution in [0.25, 0.3) is 11.0 Å². The van der Waals surface area contributed by atoms with Gasteiger partial charge in [-0.05, 0) is 24.3 Å². The summed E-state index contributed by atoms with van der Waals surface area (Å²) in [5.41, 5.74) is 2.32. The predicted molar refractivity (Wildman–Crippen MR) is 65.6 cm³/mol. The first-order valence-electron chi connectivity index (χ1n) is 5.55. The Labute approximate surface area is 107 Å². The van der Waals surface area contributed by atoms with Gasteiger partial charge in [-0.2, -0.15) is 0 Å². The highest BCUT2D eigenvalue weighted by Gasteiger charge is 2.09. The van der Waals surface area contributed by atoms with Gasteiger partial charge in [0.1, 0.15) is 11.8 Å². The van der Waals surface area contributed by atoms with E-state index in [2.05, 4.69) is 20.3 Å². The van der Waals surface area contributed by atoms with Crippen LogP contribution in [0.4, 0.5) is 0 Å². The van der Waals surface area contributed by atoms with E-state index in [0.717, 1.165) is 11.2 Å². The van der Waals surface area contributed by atoms with E-state index in [1.54, 1.807) is 23.0 Å². The largest absolute Gasteiger partial charge is 0.478 e. The maximum Gasteiger partial charge on any atom is 0.335 e. The third-order valence-corrected chi connectivity index (χ3v) is 2.72. The maximum atomic E-state index is 10.9. The summed E-state index contributed by atoms with van der Waals surface area (Å²) in [4.78, 5) is 18.8. The molecule has 3 rings (SSSR count). The van der Waals surface area contributed by atoms with Crippen LogP contribution in [0, 0.1) is 0 Å². The molecule has 0 radical (unpaired) electrons. The number of fused-ring (bicyclic) bond motifs is 1. The van der Waals surface area contributed by atoms with Crippen molar-refractivity contribution in [1.82, 2.24) is 25.0 Å². The van der Waals surface area contributed by atoms with Crippen molar-refractivity contribution in [2.75, 3.05) is 0 Å². The molecule has 0 amide bonds. The van der Waals surface area contributed by atoms with Gasteiger partial charge in [-0.1, -0.05) is 5.21 Å². The number of aromatic carboxylic acids is 1. The van der Waals surface area contributed by atoms with Crippen LogP contribution in [-0.2, 0) is 6.54 Å². The van der Waals surface area contributed by atoms with Crippen LogP contribution in [0.3, 0.4) is 0 Å². The zero-order chi connectivity index (χ0) is 13.2. The lowest BCUT2D eigenvalue weighted by Gasteiger charge is -2.01. The average Bonchev–Trinajstić information content (AvgIpc) is 2.82. The molecule has 0 aliphatic heterocycles. The van der Waals surface area contributed by atoms with Crippen LogP contribution in [-0.4, -0.2) is 36.0 Å². The van der Waals surface area contributed by atoms with Crippen LogP contribution < -0.4 is 0 Å². The van der Waals surface area contributed by atoms with Gasteiger partial charge in [0.15, 0.2) is 0 Å². The molecule has 1 N–H and O–H groups in total. The minimum Gasteiger partial charge on any atom is -0.478 e. The molecule has 0 aliphatic carbocycles. The number of carboxylic acid groups (broad SMARTS) is 1. The van der Waals surface area contributed by atoms with Crippen molar-refractivity contribution < 1.29 is 9.90 Å². The number of nitrogens with zero attached hydrogens (tertiary/aromatic N) is 5. The first kappa shape index (κ1) is 11.3. The van der Waals surface area contributed by atoms with Crippen molar-refractivity contribution in [3.8, 4) is 0 Å². The molecule has 0 unspecified atom stereocenters. The SMILES string of the molecule is O=C(O)c1ccc2c(c1)nnn2Cc1ccncn1. The van der Waals surface area contributed by atoms with E-state index < -0.39 is 5.97 Å². The smallest absolute Gasteiger partial charge is 0.335 e. The van der Waals surface area contributed by atoms with Gasteiger partial charge >= 0.3 is 5.97 Å². The van der Waals surface area contributed by atoms with E-state index in [4.69, 9.17) is 5.11 Å². The first-order valence-corrected chi connectivity index (χ1v) is 5.55. The number of hydrogen-bond donors (Lipinski definition) is 1. The molecule has 2 heterocycles. The summed E-state index contributed by atoms with van der Waals surface area (Å²) < 4.78 is 1.67. The second-order valence-electron chi connectivity index (χ2n) is 3.96. The third-order valence-electron chi connectivity index (χ3n) is 2.72. The van der Waals surface area contributed by atoms with Gasteiger partial charge in [0.2, 0.25) is 0 Å². The monoisotopic (exact) mass is 255 g/mol. The summed E-state index contributed by atoms with van der Waals surface area (Å²) in [6, 6.07) is 6.52. The minimum atomic E-state index is -0.979. The molecule has 0 spiro atoms. The van der Waals surface area contributed by atoms with Crippen LogP contribution >= 0.6 is 0 Å². The van der Waals surface area contributed by atoms with Crippen LogP contribution in [0.1, 0.15) is 16.1 Å². The highest BCUT2D eigenvalue weighted by Crippen LogP contribution is 2.14. The molecule has 0 saturated carbocycles. The lowest BCUT2D eigenvalue weighted by atomic mass is 10.2. The fourth-order valence-electron chi connectivity index (χ4n) is 1.79. The normalized spacial score (nSPS) is 10.7. The zero-order valence-electron chi connectivity index (χ0n) is 9.76. The summed E-state index contributed by atoms with van der Waals surface area (Å²) in [5.74, 6) is -0.979. The standard InChI is InChI=1S/C12H9N5O2/c18-12(19)8-1-2-11-10(5-8)15-16-17(11)6-9-3-4-13-7-14-9/h1-5,7H,6H2,(H,18,19). The Kier molecular flexibility index (Phi) is 2.64. The molecule has 0 bridgehead atoms. The average molecular weight is 255 g/mol. The molecule has 19 heavy (non-hydrogen) atoms. The summed E-state index contributed by atoms with van der Waals surface area (Å²) in [6.07, 6.45) is 3.13. The van der Waals surface area contributed by atoms with Gasteiger partial charge in [-0.25, -0.2) is 19.4 Å². The van der Waals surface area contributed by atoms with Gasteiger partial charge in [-0.15, -0.1) is 5.10 Å². The Hall–Kier alpha value is -2.83. The topological polar surface area (TPSA) is 93.8 Å². The van der Waals surface area contributed by atoms with Crippen molar-refractivity contribution in [2.45, 2.75) is 6.54 Å². The third kappa shape index (κ3) is 2.13. The number of aromatic nitrogens is 5. The number of benzene rings is 1. The number of rotatable bonds is 3. The molecule has 7 nitrogen and oxygen atoms in total. The summed E-state index contributed by atoms with van der Waals surface area (Å²) in [7, 11) is 0. The molecule has 94 valence electrons. The minimum absolute atomic E-state index is 0.196. The quantitative estimate of drug-likeness (QED) is 0.749. The molecule has 2 aromatic heterocycles. The molecule has 0 saturated heterocycles. The summed E-state index contributed by atoms with van der Waals surface area (Å²) in [6.45, 7) is 0.464. The van der Waals surface area contributed by atoms with E-state index in [1.807, 2.05) is 0 Å². The molecule has 0 atom stereocenters. The van der Waals surface area contributed by atoms with Crippen LogP contribution in [0.2, 0.25) is 0 Å². The van der Waals surface area contributed by atoms with E-state index in [9.17, 15) is 4.79 Å². The van der Waals surface area contributed by atoms with Gasteiger partial charge in [-0.3, -0.25) is 0 Å². The lowest BCUT2D eigenvalue weighted by Crippen LogP contribution is -2.03. The Morgan fingerprint density at radius 1 is 1.32 bits per heavy atom. The Bertz CT molecular complexity index is 738. The van der Waals surface area contributed by atoms with Crippen molar-refractivity contribution in [3.63, 3.8) is 0 Å². The highest BCUT2D eigenvalue weighted by molar-refractivity contribution is 5.92. The molecule has 7 heteroatoms. The van der Waals surface area contributed by atoms with Crippen molar-refractivity contribution in [3.05, 3.63) is 48.0 Å². The molecular formula is C12H9N5O2. The fourth-order valence-corrected chi connectivity index (χ4v) is 1.79. The molecule has 0 fully saturated rings. The predicted octanol–water partition coefficient (Wildman–Crippen LogP) is 0.968. The van der Waals surface area contributed by atoms with Crippen molar-refractivity contribution >= 4 is 17.0 Å². The van der Waals surface area contributed by atoms with Crippen molar-refractivity contribution in [1.29, 1.82) is 0 Å². The Morgan fingerprint density at radius 3 is 2.95 bits per heavy atom. The van der Waals surface area contributed by atoms with E-state index >= 15 is 0 Å². The van der Waals surface area contributed by atoms with Gasteiger partial charge in [0.25, 0.3) is 0 Å². The molecule has 0 aliphatic rings. The summed E-state index contributed by atoms with van der Waals surface area (Å²) >= 11 is 0. The molecular weight excluding hydrogens is 246 g/mol. The molecule has 3 aromatic rings. The number of carbonyl (C=O) groups is 1. The lowest BCUT2D eigenvalue weighted by molar-refractivity contribution is 0.0697. The Morgan fingerprint density at radius 2 is 2.21 bits per heavy atom. The van der Waals surface area contributed by atoms with Gasteiger partial charge in [0, 0.05) is 6.20 Å². The zero-order valence-corrected chi connectivity index (χ0v) is 9.76. The Balaban J connectivity index is 1.99. The fraction of sp³-hybridized carbons (Fsp3) is 0.0833. The van der Waals surface area contributed by atoms with Gasteiger partial charge in [0.05, 0.1) is 23.3 Å². The van der Waals surface area contributed by atoms with Crippen molar-refractivity contribution in [2.24, 2.45) is 0 Å². The van der Waals surface area contributed by atoms with Crippen LogP contribution in [0.5, 0.6) is 0 Å². The van der Waals surface area contributed by atoms with E-state index in [-0.39, 0.29) is 5.56 Å². The maximum absolute atomic E-state index is 10.9. The van der Waals surface area contributed by atoms with Crippen LogP contribution in [0.15, 0.2) is 36.8 Å². The number of hydrogen-bond acceptors (Lipinski definition) is 5. The van der Waals surface area contributed by atoms with E-state index in [0.29, 0.717) is 12.1 Å². The van der Waals surface area contributed by atoms with E-state index in [1.165, 1.54) is 18.5 Å². The second-order valence-corrected chi connectivity index (χ2v) is 3.96.